The highest BCUT2D eigenvalue weighted by atomic mass is 19.4. The summed E-state index contributed by atoms with van der Waals surface area (Å²) in [7, 11) is 0. The van der Waals surface area contributed by atoms with E-state index < -0.39 is 17.8 Å². The topological polar surface area (TPSA) is 55.4 Å². The van der Waals surface area contributed by atoms with E-state index in [1.165, 1.54) is 12.1 Å². The SMILES string of the molecule is CCCCCCc1c(CCCC[C@H]2CC[C@@H]3[C@H](O2)c2cc(C(F)(F)F)ccc2N[C@H]3c2ccccc2)c(=O)c1=O. The summed E-state index contributed by atoms with van der Waals surface area (Å²) < 4.78 is 47.3. The van der Waals surface area contributed by atoms with Crippen molar-refractivity contribution in [1.82, 2.24) is 0 Å². The summed E-state index contributed by atoms with van der Waals surface area (Å²) in [5.41, 5.74) is 2.53. The molecule has 1 fully saturated rings. The second-order valence-electron chi connectivity index (χ2n) is 11.4. The quantitative estimate of drug-likeness (QED) is 0.194. The zero-order valence-electron chi connectivity index (χ0n) is 23.1. The molecule has 3 aromatic rings. The van der Waals surface area contributed by atoms with Crippen molar-refractivity contribution >= 4 is 5.69 Å². The number of ether oxygens (including phenoxy) is 1. The lowest BCUT2D eigenvalue weighted by molar-refractivity contribution is -0.138. The molecule has 0 aromatic heterocycles. The number of fused-ring (bicyclic) bond motifs is 3. The molecule has 4 nitrogen and oxygen atoms in total. The zero-order chi connectivity index (χ0) is 28.3. The Balaban J connectivity index is 1.24. The van der Waals surface area contributed by atoms with Crippen LogP contribution < -0.4 is 16.2 Å². The van der Waals surface area contributed by atoms with E-state index in [2.05, 4.69) is 24.4 Å². The van der Waals surface area contributed by atoms with Crippen molar-refractivity contribution in [3.63, 3.8) is 0 Å². The molecule has 2 aliphatic heterocycles. The monoisotopic (exact) mass is 553 g/mol. The van der Waals surface area contributed by atoms with Crippen molar-refractivity contribution in [2.24, 2.45) is 5.92 Å². The summed E-state index contributed by atoms with van der Waals surface area (Å²) in [5.74, 6) is 0.0219. The van der Waals surface area contributed by atoms with Gasteiger partial charge in [-0.3, -0.25) is 9.59 Å². The molecule has 1 N–H and O–H groups in total. The lowest BCUT2D eigenvalue weighted by Gasteiger charge is -2.46. The number of halogens is 3. The van der Waals surface area contributed by atoms with Crippen molar-refractivity contribution in [2.45, 2.75) is 102 Å². The van der Waals surface area contributed by atoms with Crippen LogP contribution in [0.4, 0.5) is 18.9 Å². The van der Waals surface area contributed by atoms with E-state index in [9.17, 15) is 22.8 Å². The summed E-state index contributed by atoms with van der Waals surface area (Å²) in [6.45, 7) is 2.14. The third kappa shape index (κ3) is 6.04. The molecule has 0 spiro atoms. The van der Waals surface area contributed by atoms with Gasteiger partial charge in [0.1, 0.15) is 0 Å². The molecule has 214 valence electrons. The van der Waals surface area contributed by atoms with Crippen molar-refractivity contribution in [2.75, 3.05) is 5.32 Å². The van der Waals surface area contributed by atoms with E-state index in [0.29, 0.717) is 29.7 Å². The Labute approximate surface area is 233 Å². The van der Waals surface area contributed by atoms with Crippen LogP contribution in [-0.4, -0.2) is 6.10 Å². The molecule has 7 heteroatoms. The predicted octanol–water partition coefficient (Wildman–Crippen LogP) is 7.84. The number of hydrogen-bond acceptors (Lipinski definition) is 4. The summed E-state index contributed by atoms with van der Waals surface area (Å²) >= 11 is 0. The first kappa shape index (κ1) is 28.6. The van der Waals surface area contributed by atoms with Crippen LogP contribution in [0.15, 0.2) is 58.1 Å². The molecule has 1 saturated heterocycles. The van der Waals surface area contributed by atoms with E-state index in [0.717, 1.165) is 75.0 Å². The fourth-order valence-corrected chi connectivity index (χ4v) is 6.55. The number of unbranched alkanes of at least 4 members (excludes halogenated alkanes) is 4. The van der Waals surface area contributed by atoms with Crippen LogP contribution in [0.5, 0.6) is 0 Å². The van der Waals surface area contributed by atoms with Gasteiger partial charge in [0.2, 0.25) is 10.9 Å². The Morgan fingerprint density at radius 2 is 1.57 bits per heavy atom. The van der Waals surface area contributed by atoms with Crippen LogP contribution >= 0.6 is 0 Å². The summed E-state index contributed by atoms with van der Waals surface area (Å²) in [6, 6.07) is 13.9. The highest BCUT2D eigenvalue weighted by molar-refractivity contribution is 5.58. The van der Waals surface area contributed by atoms with Crippen molar-refractivity contribution in [3.05, 3.63) is 96.8 Å². The number of hydrogen-bond donors (Lipinski definition) is 1. The van der Waals surface area contributed by atoms with Gasteiger partial charge in [-0.15, -0.1) is 0 Å². The molecular formula is C33H38F3NO3. The van der Waals surface area contributed by atoms with Gasteiger partial charge in [-0.1, -0.05) is 62.9 Å². The molecule has 4 atom stereocenters. The van der Waals surface area contributed by atoms with Gasteiger partial charge in [-0.05, 0) is 68.7 Å². The Morgan fingerprint density at radius 1 is 0.875 bits per heavy atom. The number of nitrogens with one attached hydrogen (secondary N) is 1. The minimum atomic E-state index is -4.42. The van der Waals surface area contributed by atoms with Crippen LogP contribution in [0.2, 0.25) is 0 Å². The van der Waals surface area contributed by atoms with Crippen molar-refractivity contribution < 1.29 is 17.9 Å². The first-order valence-corrected chi connectivity index (χ1v) is 14.8. The van der Waals surface area contributed by atoms with Crippen LogP contribution in [-0.2, 0) is 23.8 Å². The lowest BCUT2D eigenvalue weighted by Crippen LogP contribution is -2.40. The van der Waals surface area contributed by atoms with Gasteiger partial charge in [-0.2, -0.15) is 13.2 Å². The molecular weight excluding hydrogens is 515 g/mol. The first-order chi connectivity index (χ1) is 19.3. The third-order valence-electron chi connectivity index (χ3n) is 8.74. The number of benzene rings is 2. The molecule has 0 unspecified atom stereocenters. The maximum Gasteiger partial charge on any atom is 0.416 e. The van der Waals surface area contributed by atoms with E-state index in [4.69, 9.17) is 4.74 Å². The summed E-state index contributed by atoms with van der Waals surface area (Å²) in [5, 5.41) is 3.50. The lowest BCUT2D eigenvalue weighted by atomic mass is 9.76. The van der Waals surface area contributed by atoms with Gasteiger partial charge in [0.05, 0.1) is 23.8 Å². The first-order valence-electron chi connectivity index (χ1n) is 14.8. The average molecular weight is 554 g/mol. The Morgan fingerprint density at radius 3 is 2.25 bits per heavy atom. The molecule has 2 heterocycles. The van der Waals surface area contributed by atoms with Crippen molar-refractivity contribution in [3.8, 4) is 0 Å². The van der Waals surface area contributed by atoms with Crippen LogP contribution in [0.3, 0.4) is 0 Å². The van der Waals surface area contributed by atoms with Crippen LogP contribution in [0, 0.1) is 5.92 Å². The van der Waals surface area contributed by atoms with Gasteiger partial charge >= 0.3 is 6.18 Å². The second kappa shape index (κ2) is 12.3. The van der Waals surface area contributed by atoms with Gasteiger partial charge in [-0.25, -0.2) is 0 Å². The molecule has 0 aliphatic carbocycles. The zero-order valence-corrected chi connectivity index (χ0v) is 23.1. The van der Waals surface area contributed by atoms with E-state index in [1.54, 1.807) is 0 Å². The molecule has 3 aromatic carbocycles. The fraction of sp³-hybridized carbons (Fsp3) is 0.515. The molecule has 40 heavy (non-hydrogen) atoms. The number of rotatable bonds is 11. The number of anilines is 1. The maximum atomic E-state index is 13.6. The molecule has 0 radical (unpaired) electrons. The highest BCUT2D eigenvalue weighted by Crippen LogP contribution is 2.51. The van der Waals surface area contributed by atoms with E-state index in [-0.39, 0.29) is 28.9 Å². The summed E-state index contributed by atoms with van der Waals surface area (Å²) in [4.78, 5) is 24.2. The maximum absolute atomic E-state index is 13.6. The van der Waals surface area contributed by atoms with E-state index in [1.807, 2.05) is 18.2 Å². The normalized spacial score (nSPS) is 22.5. The predicted molar refractivity (Wildman–Crippen MR) is 151 cm³/mol. The Hall–Kier alpha value is -2.93. The second-order valence-corrected chi connectivity index (χ2v) is 11.4. The van der Waals surface area contributed by atoms with Gasteiger partial charge in [0, 0.05) is 28.3 Å². The highest BCUT2D eigenvalue weighted by Gasteiger charge is 2.43. The van der Waals surface area contributed by atoms with E-state index >= 15 is 0 Å². The minimum absolute atomic E-state index is 0.0219. The third-order valence-corrected chi connectivity index (χ3v) is 8.74. The van der Waals surface area contributed by atoms with Gasteiger partial charge < -0.3 is 10.1 Å². The summed E-state index contributed by atoms with van der Waals surface area (Å²) in [6.07, 6.45) is 4.79. The Bertz CT molecular complexity index is 1360. The molecule has 2 aliphatic rings. The molecule has 0 amide bonds. The average Bonchev–Trinajstić information content (AvgIpc) is 2.96. The molecule has 5 rings (SSSR count). The molecule has 0 bridgehead atoms. The van der Waals surface area contributed by atoms with Gasteiger partial charge in [0.25, 0.3) is 0 Å². The van der Waals surface area contributed by atoms with Gasteiger partial charge in [0.15, 0.2) is 0 Å². The number of alkyl halides is 3. The Kier molecular flexibility index (Phi) is 8.79. The van der Waals surface area contributed by atoms with Crippen LogP contribution in [0.1, 0.15) is 105 Å². The van der Waals surface area contributed by atoms with Crippen LogP contribution in [0.25, 0.3) is 0 Å². The fourth-order valence-electron chi connectivity index (χ4n) is 6.55. The smallest absolute Gasteiger partial charge is 0.378 e. The standard InChI is InChI=1S/C33H38F3NO3/c1-2-3-4-8-14-24-25(31(39)30(24)38)15-10-9-13-23-17-18-26-29(21-11-6-5-7-12-21)37-28-19-16-22(33(34,35)36)20-27(28)32(26)40-23/h5-7,11-12,16,19-20,23,26,29,32,37H,2-4,8-10,13-15,17-18H2,1H3/t23-,26-,29-,32-/m0/s1. The molecule has 0 saturated carbocycles. The largest absolute Gasteiger partial charge is 0.416 e. The van der Waals surface area contributed by atoms with Crippen molar-refractivity contribution in [1.29, 1.82) is 0 Å². The minimum Gasteiger partial charge on any atom is -0.378 e.